The summed E-state index contributed by atoms with van der Waals surface area (Å²) in [6.07, 6.45) is 1.57. The van der Waals surface area contributed by atoms with Gasteiger partial charge in [-0.3, -0.25) is 0 Å². The Bertz CT molecular complexity index is 261. The molecule has 0 saturated heterocycles. The van der Waals surface area contributed by atoms with Crippen molar-refractivity contribution < 1.29 is 4.74 Å². The molecule has 0 fully saturated rings. The summed E-state index contributed by atoms with van der Waals surface area (Å²) in [6.45, 7) is 8.68. The highest BCUT2D eigenvalue weighted by Crippen LogP contribution is 2.22. The van der Waals surface area contributed by atoms with Crippen LogP contribution in [0.1, 0.15) is 45.6 Å². The van der Waals surface area contributed by atoms with Gasteiger partial charge in [-0.05, 0) is 30.0 Å². The van der Waals surface area contributed by atoms with Gasteiger partial charge in [0.15, 0.2) is 6.10 Å². The Morgan fingerprint density at radius 2 is 1.64 bits per heavy atom. The summed E-state index contributed by atoms with van der Waals surface area (Å²) in [5.41, 5.74) is 1.41. The highest BCUT2D eigenvalue weighted by molar-refractivity contribution is 5.28. The Kier molecular flexibility index (Phi) is 3.99. The number of aliphatic hydroxyl groups is 1. The molecule has 1 unspecified atom stereocenters. The third kappa shape index (κ3) is 3.06. The van der Waals surface area contributed by atoms with E-state index >= 15 is 0 Å². The van der Waals surface area contributed by atoms with Gasteiger partial charge in [0.2, 0.25) is 0 Å². The first-order valence-corrected chi connectivity index (χ1v) is 5.44. The maximum absolute atomic E-state index is 4.49. The average Bonchev–Trinajstić information content (AvgIpc) is 2.17. The normalized spacial score (nSPS) is 12.9. The van der Waals surface area contributed by atoms with Crippen LogP contribution in [0.25, 0.3) is 0 Å². The van der Waals surface area contributed by atoms with Crippen LogP contribution in [0.4, 0.5) is 0 Å². The van der Waals surface area contributed by atoms with Gasteiger partial charge < -0.3 is 4.74 Å². The van der Waals surface area contributed by atoms with E-state index in [4.69, 9.17) is 0 Å². The number of hydrogen-bond donors (Lipinski definition) is 0. The van der Waals surface area contributed by atoms with Crippen molar-refractivity contribution >= 4 is 0 Å². The standard InChI is InChI=1S/C13H20O/c1-5-11(4)12-6-8-13(9-7-12)14-10(2)3/h6-11H,5H2,1-4H3/p+1. The van der Waals surface area contributed by atoms with Gasteiger partial charge >= 0.3 is 0 Å². The van der Waals surface area contributed by atoms with Gasteiger partial charge in [0.1, 0.15) is 0 Å². The predicted octanol–water partition coefficient (Wildman–Crippen LogP) is 3.85. The summed E-state index contributed by atoms with van der Waals surface area (Å²) in [5, 5.41) is 0. The van der Waals surface area contributed by atoms with Crippen molar-refractivity contribution in [3.8, 4) is 5.75 Å². The van der Waals surface area contributed by atoms with E-state index in [2.05, 4.69) is 56.7 Å². The first-order chi connectivity index (χ1) is 6.63. The highest BCUT2D eigenvalue weighted by atomic mass is 16.5. The summed E-state index contributed by atoms with van der Waals surface area (Å²) in [4.78, 5) is 0. The molecule has 0 saturated carbocycles. The van der Waals surface area contributed by atoms with Gasteiger partial charge in [-0.25, -0.2) is 0 Å². The predicted molar refractivity (Wildman–Crippen MR) is 61.9 cm³/mol. The average molecular weight is 193 g/mol. The van der Waals surface area contributed by atoms with Gasteiger partial charge in [-0.2, -0.15) is 0 Å². The van der Waals surface area contributed by atoms with Gasteiger partial charge in [-0.15, -0.1) is 0 Å². The smallest absolute Gasteiger partial charge is 0.254 e. The summed E-state index contributed by atoms with van der Waals surface area (Å²) in [6, 6.07) is 8.60. The zero-order chi connectivity index (χ0) is 10.6. The molecule has 0 aliphatic heterocycles. The number of benzene rings is 1. The van der Waals surface area contributed by atoms with E-state index in [9.17, 15) is 0 Å². The minimum Gasteiger partial charge on any atom is -0.581 e. The molecule has 0 aliphatic rings. The number of ether oxygens (including phenoxy) is 1. The van der Waals surface area contributed by atoms with Crippen molar-refractivity contribution in [2.24, 2.45) is 0 Å². The highest BCUT2D eigenvalue weighted by Gasteiger charge is 2.05. The van der Waals surface area contributed by atoms with Crippen LogP contribution in [0.15, 0.2) is 24.3 Å². The van der Waals surface area contributed by atoms with Crippen molar-refractivity contribution in [3.05, 3.63) is 29.8 Å². The molecular weight excluding hydrogens is 172 g/mol. The molecule has 14 heavy (non-hydrogen) atoms. The lowest BCUT2D eigenvalue weighted by Gasteiger charge is -2.10. The number of aromatic hydroxyl groups is 1. The Labute approximate surface area is 87.1 Å². The maximum atomic E-state index is 4.49. The lowest BCUT2D eigenvalue weighted by molar-refractivity contribution is 0.0107. The third-order valence-electron chi connectivity index (χ3n) is 2.48. The van der Waals surface area contributed by atoms with Gasteiger partial charge in [0.25, 0.3) is 5.75 Å². The van der Waals surface area contributed by atoms with Crippen LogP contribution in [0, 0.1) is 0 Å². The van der Waals surface area contributed by atoms with Crippen molar-refractivity contribution in [3.63, 3.8) is 0 Å². The SMILES string of the molecule is CCC(C)c1ccc([OH+]C(C)C)cc1. The molecule has 1 rings (SSSR count). The van der Waals surface area contributed by atoms with E-state index in [1.807, 2.05) is 0 Å². The number of rotatable bonds is 4. The van der Waals surface area contributed by atoms with Crippen molar-refractivity contribution in [2.45, 2.75) is 46.1 Å². The van der Waals surface area contributed by atoms with Gasteiger partial charge in [0, 0.05) is 26.0 Å². The Morgan fingerprint density at radius 1 is 1.07 bits per heavy atom. The topological polar surface area (TPSA) is 12.8 Å². The molecule has 1 N–H and O–H groups in total. The lowest BCUT2D eigenvalue weighted by atomic mass is 9.99. The summed E-state index contributed by atoms with van der Waals surface area (Å²) < 4.78 is 4.49. The van der Waals surface area contributed by atoms with E-state index in [0.717, 1.165) is 5.75 Å². The molecule has 1 aromatic carbocycles. The first kappa shape index (κ1) is 11.1. The van der Waals surface area contributed by atoms with Crippen LogP contribution in [-0.4, -0.2) is 10.8 Å². The molecule has 1 nitrogen and oxygen atoms in total. The molecule has 0 aliphatic carbocycles. The molecule has 78 valence electrons. The zero-order valence-electron chi connectivity index (χ0n) is 9.62. The molecule has 0 spiro atoms. The van der Waals surface area contributed by atoms with Crippen LogP contribution in [0.2, 0.25) is 0 Å². The molecule has 0 radical (unpaired) electrons. The summed E-state index contributed by atoms with van der Waals surface area (Å²) in [5.74, 6) is 1.75. The Balaban J connectivity index is 2.68. The van der Waals surface area contributed by atoms with Crippen LogP contribution in [0.5, 0.6) is 5.75 Å². The van der Waals surface area contributed by atoms with E-state index in [-0.39, 0.29) is 0 Å². The molecule has 1 atom stereocenters. The second kappa shape index (κ2) is 5.04. The minimum absolute atomic E-state index is 0.379. The van der Waals surface area contributed by atoms with Crippen LogP contribution < -0.4 is 0 Å². The molecular formula is C13H21O+. The fourth-order valence-corrected chi connectivity index (χ4v) is 1.42. The first-order valence-electron chi connectivity index (χ1n) is 5.44. The quantitative estimate of drug-likeness (QED) is 0.644. The fourth-order valence-electron chi connectivity index (χ4n) is 1.42. The van der Waals surface area contributed by atoms with Crippen LogP contribution in [0.3, 0.4) is 0 Å². The fraction of sp³-hybridized carbons (Fsp3) is 0.538. The molecule has 0 bridgehead atoms. The number of hydrogen-bond acceptors (Lipinski definition) is 0. The van der Waals surface area contributed by atoms with Crippen LogP contribution >= 0.6 is 0 Å². The summed E-state index contributed by atoms with van der Waals surface area (Å²) >= 11 is 0. The van der Waals surface area contributed by atoms with Crippen molar-refractivity contribution in [2.75, 3.05) is 0 Å². The molecule has 0 aromatic heterocycles. The van der Waals surface area contributed by atoms with Gasteiger partial charge in [-0.1, -0.05) is 13.8 Å². The Hall–Kier alpha value is -0.980. The molecule has 0 heterocycles. The zero-order valence-corrected chi connectivity index (χ0v) is 9.62. The Morgan fingerprint density at radius 3 is 2.07 bits per heavy atom. The minimum atomic E-state index is 0.379. The molecule has 1 aromatic rings. The molecule has 0 amide bonds. The lowest BCUT2D eigenvalue weighted by Crippen LogP contribution is -2.01. The molecule has 1 heteroatoms. The van der Waals surface area contributed by atoms with Crippen molar-refractivity contribution in [1.82, 2.24) is 0 Å². The monoisotopic (exact) mass is 193 g/mol. The second-order valence-corrected chi connectivity index (χ2v) is 4.12. The van der Waals surface area contributed by atoms with Crippen molar-refractivity contribution in [1.29, 1.82) is 0 Å². The van der Waals surface area contributed by atoms with E-state index < -0.39 is 0 Å². The van der Waals surface area contributed by atoms with E-state index in [1.54, 1.807) is 0 Å². The maximum Gasteiger partial charge on any atom is 0.254 e. The summed E-state index contributed by atoms with van der Waals surface area (Å²) in [7, 11) is 0. The van der Waals surface area contributed by atoms with E-state index in [0.29, 0.717) is 12.0 Å². The largest absolute Gasteiger partial charge is 0.581 e. The third-order valence-corrected chi connectivity index (χ3v) is 2.48. The van der Waals surface area contributed by atoms with E-state index in [1.165, 1.54) is 12.0 Å². The van der Waals surface area contributed by atoms with Gasteiger partial charge in [0.05, 0.1) is 0 Å². The van der Waals surface area contributed by atoms with Crippen LogP contribution in [-0.2, 0) is 0 Å². The second-order valence-electron chi connectivity index (χ2n) is 4.12.